The summed E-state index contributed by atoms with van der Waals surface area (Å²) >= 11 is 0. The zero-order valence-electron chi connectivity index (χ0n) is 6.29. The molecule has 0 saturated heterocycles. The summed E-state index contributed by atoms with van der Waals surface area (Å²) in [5.41, 5.74) is -0.0203. The summed E-state index contributed by atoms with van der Waals surface area (Å²) < 4.78 is 21.5. The van der Waals surface area contributed by atoms with Gasteiger partial charge < -0.3 is 0 Å². The number of rotatable bonds is 2. The van der Waals surface area contributed by atoms with Crippen molar-refractivity contribution in [2.24, 2.45) is 10.6 Å². The minimum atomic E-state index is -3.25. The second kappa shape index (κ2) is 1.95. The fraction of sp³-hybridized carbons (Fsp3) is 1.00. The van der Waals surface area contributed by atoms with Crippen LogP contribution in [-0.4, -0.2) is 13.7 Å². The molecule has 60 valence electrons. The van der Waals surface area contributed by atoms with Gasteiger partial charge >= 0.3 is 0 Å². The van der Waals surface area contributed by atoms with E-state index in [4.69, 9.17) is 5.14 Å². The molecule has 1 aliphatic rings. The number of primary sulfonamides is 1. The van der Waals surface area contributed by atoms with Gasteiger partial charge in [0, 0.05) is 0 Å². The summed E-state index contributed by atoms with van der Waals surface area (Å²) in [7, 11) is -3.25. The quantitative estimate of drug-likeness (QED) is 0.643. The molecule has 2 N–H and O–H groups in total. The lowest BCUT2D eigenvalue weighted by Crippen LogP contribution is -2.21. The summed E-state index contributed by atoms with van der Waals surface area (Å²) in [6.45, 7) is 3.95. The van der Waals surface area contributed by atoms with Crippen molar-refractivity contribution in [2.45, 2.75) is 31.9 Å². The van der Waals surface area contributed by atoms with Crippen molar-refractivity contribution >= 4 is 10.0 Å². The molecule has 1 fully saturated rings. The molecule has 10 heavy (non-hydrogen) atoms. The molecular weight excluding hydrogens is 150 g/mol. The zero-order valence-corrected chi connectivity index (χ0v) is 7.11. The van der Waals surface area contributed by atoms with Crippen LogP contribution in [0.4, 0.5) is 0 Å². The van der Waals surface area contributed by atoms with Gasteiger partial charge in [-0.1, -0.05) is 13.8 Å². The van der Waals surface area contributed by atoms with Gasteiger partial charge in [0.25, 0.3) is 0 Å². The van der Waals surface area contributed by atoms with Gasteiger partial charge in [-0.25, -0.2) is 13.6 Å². The van der Waals surface area contributed by atoms with Gasteiger partial charge in [-0.15, -0.1) is 0 Å². The normalized spacial score (nSPS) is 39.7. The van der Waals surface area contributed by atoms with Crippen LogP contribution in [0.2, 0.25) is 0 Å². The molecule has 1 aliphatic carbocycles. The van der Waals surface area contributed by atoms with E-state index in [1.165, 1.54) is 0 Å². The Labute approximate surface area is 61.7 Å². The van der Waals surface area contributed by atoms with E-state index in [9.17, 15) is 8.42 Å². The maximum Gasteiger partial charge on any atom is 0.212 e. The highest BCUT2D eigenvalue weighted by Gasteiger charge is 2.55. The highest BCUT2D eigenvalue weighted by atomic mass is 32.2. The molecular formula is C6H13NO2S. The molecule has 0 aromatic heterocycles. The first-order chi connectivity index (χ1) is 4.40. The van der Waals surface area contributed by atoms with Crippen LogP contribution in [-0.2, 0) is 10.0 Å². The topological polar surface area (TPSA) is 60.2 Å². The predicted octanol–water partition coefficient (Wildman–Crippen LogP) is 0.464. The Bertz CT molecular complexity index is 234. The molecule has 3 nitrogen and oxygen atoms in total. The van der Waals surface area contributed by atoms with Crippen molar-refractivity contribution in [3.05, 3.63) is 0 Å². The summed E-state index contributed by atoms with van der Waals surface area (Å²) in [4.78, 5) is 0. The molecule has 1 saturated carbocycles. The van der Waals surface area contributed by atoms with Gasteiger partial charge in [0.1, 0.15) is 0 Å². The van der Waals surface area contributed by atoms with Gasteiger partial charge in [0.15, 0.2) is 0 Å². The monoisotopic (exact) mass is 163 g/mol. The molecule has 0 bridgehead atoms. The third kappa shape index (κ3) is 1.18. The number of sulfonamides is 1. The lowest BCUT2D eigenvalue weighted by molar-refractivity contribution is 0.536. The van der Waals surface area contributed by atoms with E-state index in [0.717, 1.165) is 12.8 Å². The minimum absolute atomic E-state index is 0.0203. The maximum absolute atomic E-state index is 10.7. The molecule has 2 atom stereocenters. The van der Waals surface area contributed by atoms with Crippen LogP contribution in [0.25, 0.3) is 0 Å². The van der Waals surface area contributed by atoms with Crippen molar-refractivity contribution < 1.29 is 8.42 Å². The van der Waals surface area contributed by atoms with E-state index in [1.807, 2.05) is 13.8 Å². The number of hydrogen-bond acceptors (Lipinski definition) is 2. The molecule has 0 aromatic carbocycles. The van der Waals surface area contributed by atoms with Crippen molar-refractivity contribution in [1.82, 2.24) is 0 Å². The molecule has 0 spiro atoms. The van der Waals surface area contributed by atoms with Gasteiger partial charge in [-0.05, 0) is 18.3 Å². The summed E-state index contributed by atoms with van der Waals surface area (Å²) in [5.74, 6) is 0. The molecule has 4 heteroatoms. The van der Waals surface area contributed by atoms with Crippen molar-refractivity contribution in [3.63, 3.8) is 0 Å². The van der Waals surface area contributed by atoms with Gasteiger partial charge in [0.05, 0.1) is 5.25 Å². The van der Waals surface area contributed by atoms with E-state index in [0.29, 0.717) is 0 Å². The summed E-state index contributed by atoms with van der Waals surface area (Å²) in [6, 6.07) is 0. The third-order valence-electron chi connectivity index (χ3n) is 2.47. The van der Waals surface area contributed by atoms with Crippen molar-refractivity contribution in [2.75, 3.05) is 0 Å². The van der Waals surface area contributed by atoms with E-state index in [-0.39, 0.29) is 10.7 Å². The smallest absolute Gasteiger partial charge is 0.212 e. The highest BCUT2D eigenvalue weighted by Crippen LogP contribution is 2.51. The van der Waals surface area contributed by atoms with Crippen molar-refractivity contribution in [1.29, 1.82) is 0 Å². The Kier molecular flexibility index (Phi) is 1.56. The molecule has 0 radical (unpaired) electrons. The van der Waals surface area contributed by atoms with Crippen LogP contribution in [0.15, 0.2) is 0 Å². The van der Waals surface area contributed by atoms with Crippen molar-refractivity contribution in [3.8, 4) is 0 Å². The van der Waals surface area contributed by atoms with Crippen LogP contribution in [0.5, 0.6) is 0 Å². The summed E-state index contributed by atoms with van der Waals surface area (Å²) in [6.07, 6.45) is 1.64. The average Bonchev–Trinajstić information content (AvgIpc) is 2.43. The number of hydrogen-bond donors (Lipinski definition) is 1. The largest absolute Gasteiger partial charge is 0.228 e. The van der Waals surface area contributed by atoms with E-state index < -0.39 is 10.0 Å². The molecule has 0 amide bonds. The first-order valence-corrected chi connectivity index (χ1v) is 5.03. The Morgan fingerprint density at radius 1 is 1.70 bits per heavy atom. The van der Waals surface area contributed by atoms with Crippen LogP contribution in [0, 0.1) is 5.41 Å². The fourth-order valence-corrected chi connectivity index (χ4v) is 2.82. The number of nitrogens with two attached hydrogens (primary N) is 1. The third-order valence-corrected chi connectivity index (χ3v) is 4.00. The van der Waals surface area contributed by atoms with Crippen LogP contribution in [0.3, 0.4) is 0 Å². The van der Waals surface area contributed by atoms with Gasteiger partial charge in [-0.3, -0.25) is 0 Å². The standard InChI is InChI=1S/C6H13NO2S/c1-3-6(2)4-5(6)10(7,8)9/h5H,3-4H2,1-2H3,(H2,7,8,9). The van der Waals surface area contributed by atoms with Crippen LogP contribution in [0.1, 0.15) is 26.7 Å². The summed E-state index contributed by atoms with van der Waals surface area (Å²) in [5, 5.41) is 4.69. The maximum atomic E-state index is 10.7. The Hall–Kier alpha value is -0.0900. The van der Waals surface area contributed by atoms with Gasteiger partial charge in [-0.2, -0.15) is 0 Å². The van der Waals surface area contributed by atoms with Gasteiger partial charge in [0.2, 0.25) is 10.0 Å². The SMILES string of the molecule is CCC1(C)CC1S(N)(=O)=O. The predicted molar refractivity (Wildman–Crippen MR) is 39.9 cm³/mol. The van der Waals surface area contributed by atoms with Crippen LogP contribution >= 0.6 is 0 Å². The highest BCUT2D eigenvalue weighted by molar-refractivity contribution is 7.90. The molecule has 0 heterocycles. The first-order valence-electron chi connectivity index (χ1n) is 3.42. The van der Waals surface area contributed by atoms with E-state index in [2.05, 4.69) is 0 Å². The Balaban J connectivity index is 2.71. The second-order valence-corrected chi connectivity index (χ2v) is 5.04. The first kappa shape index (κ1) is 8.01. The van der Waals surface area contributed by atoms with E-state index in [1.54, 1.807) is 0 Å². The molecule has 0 aliphatic heterocycles. The van der Waals surface area contributed by atoms with Crippen LogP contribution < -0.4 is 5.14 Å². The lowest BCUT2D eigenvalue weighted by Gasteiger charge is -2.03. The molecule has 2 unspecified atom stereocenters. The minimum Gasteiger partial charge on any atom is -0.228 e. The Morgan fingerprint density at radius 3 is 2.30 bits per heavy atom. The fourth-order valence-electron chi connectivity index (χ4n) is 1.25. The van der Waals surface area contributed by atoms with E-state index >= 15 is 0 Å². The average molecular weight is 163 g/mol. The molecule has 1 rings (SSSR count). The molecule has 0 aromatic rings. The lowest BCUT2D eigenvalue weighted by atomic mass is 10.1. The Morgan fingerprint density at radius 2 is 2.20 bits per heavy atom. The second-order valence-electron chi connectivity index (χ2n) is 3.29. The zero-order chi connectivity index (χ0) is 7.99.